The second-order valence-corrected chi connectivity index (χ2v) is 4.79. The molecule has 1 saturated heterocycles. The Balaban J connectivity index is 1.82. The molecule has 0 amide bonds. The highest BCUT2D eigenvalue weighted by Crippen LogP contribution is 2.56. The molecule has 0 radical (unpaired) electrons. The van der Waals surface area contributed by atoms with Crippen molar-refractivity contribution in [3.8, 4) is 0 Å². The van der Waals surface area contributed by atoms with Crippen LogP contribution in [0.4, 0.5) is 0 Å². The predicted molar refractivity (Wildman–Crippen MR) is 48.0 cm³/mol. The number of hydrogen-bond acceptors (Lipinski definition) is 1. The first-order chi connectivity index (χ1) is 5.92. The van der Waals surface area contributed by atoms with Crippen LogP contribution in [0.5, 0.6) is 0 Å². The van der Waals surface area contributed by atoms with E-state index in [9.17, 15) is 0 Å². The second kappa shape index (κ2) is 2.47. The van der Waals surface area contributed by atoms with Crippen LogP contribution in [0.3, 0.4) is 0 Å². The Hall–Kier alpha value is -0.0400. The summed E-state index contributed by atoms with van der Waals surface area (Å²) in [6.07, 6.45) is 12.1. The van der Waals surface area contributed by atoms with E-state index in [2.05, 4.69) is 0 Å². The smallest absolute Gasteiger partial charge is 0.0976 e. The summed E-state index contributed by atoms with van der Waals surface area (Å²) in [6, 6.07) is 0. The third kappa shape index (κ3) is 0.891. The van der Waals surface area contributed by atoms with Crippen molar-refractivity contribution in [3.63, 3.8) is 0 Å². The Labute approximate surface area is 74.5 Å². The monoisotopic (exact) mass is 166 g/mol. The molecular weight excluding hydrogens is 148 g/mol. The fraction of sp³-hybridized carbons (Fsp3) is 1.00. The lowest BCUT2D eigenvalue weighted by Gasteiger charge is -2.25. The van der Waals surface area contributed by atoms with Gasteiger partial charge in [0.15, 0.2) is 0 Å². The molecule has 2 saturated carbocycles. The Morgan fingerprint density at radius 1 is 0.917 bits per heavy atom. The lowest BCUT2D eigenvalue weighted by molar-refractivity contribution is 0.196. The van der Waals surface area contributed by atoms with Gasteiger partial charge < -0.3 is 4.74 Å². The van der Waals surface area contributed by atoms with Crippen molar-refractivity contribution in [3.05, 3.63) is 0 Å². The molecule has 3 aliphatic rings. The van der Waals surface area contributed by atoms with Crippen LogP contribution in [-0.2, 0) is 4.74 Å². The van der Waals surface area contributed by atoms with Crippen LogP contribution in [0.1, 0.15) is 51.4 Å². The SMILES string of the molecule is C1CC[C@@H]2CCC[C@@H]3O[C@]23CC1. The molecule has 0 aromatic carbocycles. The summed E-state index contributed by atoms with van der Waals surface area (Å²) in [5, 5.41) is 0. The number of hydrogen-bond donors (Lipinski definition) is 0. The van der Waals surface area contributed by atoms with Gasteiger partial charge in [-0.05, 0) is 31.6 Å². The van der Waals surface area contributed by atoms with Gasteiger partial charge >= 0.3 is 0 Å². The van der Waals surface area contributed by atoms with Crippen molar-refractivity contribution in [2.45, 2.75) is 63.1 Å². The van der Waals surface area contributed by atoms with Gasteiger partial charge in [0.2, 0.25) is 0 Å². The largest absolute Gasteiger partial charge is 0.366 e. The fourth-order valence-electron chi connectivity index (χ4n) is 3.47. The average molecular weight is 166 g/mol. The summed E-state index contributed by atoms with van der Waals surface area (Å²) in [6.45, 7) is 0. The molecule has 68 valence electrons. The first-order valence-corrected chi connectivity index (χ1v) is 5.60. The van der Waals surface area contributed by atoms with Gasteiger partial charge in [-0.25, -0.2) is 0 Å². The highest BCUT2D eigenvalue weighted by molar-refractivity contribution is 5.10. The van der Waals surface area contributed by atoms with E-state index in [0.29, 0.717) is 11.7 Å². The molecule has 3 atom stereocenters. The molecule has 0 bridgehead atoms. The van der Waals surface area contributed by atoms with Crippen molar-refractivity contribution >= 4 is 0 Å². The maximum absolute atomic E-state index is 5.95. The van der Waals surface area contributed by atoms with E-state index in [-0.39, 0.29) is 0 Å². The lowest BCUT2D eigenvalue weighted by atomic mass is 9.76. The van der Waals surface area contributed by atoms with Crippen LogP contribution in [-0.4, -0.2) is 11.7 Å². The van der Waals surface area contributed by atoms with Crippen LogP contribution in [0.2, 0.25) is 0 Å². The molecule has 1 heteroatoms. The van der Waals surface area contributed by atoms with E-state index in [1.807, 2.05) is 0 Å². The summed E-state index contributed by atoms with van der Waals surface area (Å²) in [5.41, 5.74) is 0.425. The Morgan fingerprint density at radius 2 is 1.83 bits per heavy atom. The zero-order valence-electron chi connectivity index (χ0n) is 7.72. The first-order valence-electron chi connectivity index (χ1n) is 5.60. The zero-order chi connectivity index (χ0) is 8.02. The van der Waals surface area contributed by atoms with Gasteiger partial charge in [0, 0.05) is 0 Å². The van der Waals surface area contributed by atoms with Crippen molar-refractivity contribution in [2.24, 2.45) is 5.92 Å². The second-order valence-electron chi connectivity index (χ2n) is 4.79. The third-order valence-electron chi connectivity index (χ3n) is 4.18. The molecule has 3 rings (SSSR count). The van der Waals surface area contributed by atoms with Gasteiger partial charge in [-0.15, -0.1) is 0 Å². The van der Waals surface area contributed by atoms with Gasteiger partial charge in [0.05, 0.1) is 11.7 Å². The molecule has 0 aromatic heterocycles. The highest BCUT2D eigenvalue weighted by Gasteiger charge is 2.61. The number of rotatable bonds is 0. The maximum atomic E-state index is 5.95. The molecule has 1 heterocycles. The molecule has 0 N–H and O–H groups in total. The van der Waals surface area contributed by atoms with Crippen molar-refractivity contribution in [1.29, 1.82) is 0 Å². The number of epoxide rings is 1. The first kappa shape index (κ1) is 7.37. The Kier molecular flexibility index (Phi) is 1.52. The molecule has 0 unspecified atom stereocenters. The summed E-state index contributed by atoms with van der Waals surface area (Å²) >= 11 is 0. The van der Waals surface area contributed by atoms with E-state index >= 15 is 0 Å². The van der Waals surface area contributed by atoms with E-state index in [1.54, 1.807) is 0 Å². The molecule has 2 aliphatic carbocycles. The molecule has 1 spiro atoms. The van der Waals surface area contributed by atoms with Crippen molar-refractivity contribution in [2.75, 3.05) is 0 Å². The van der Waals surface area contributed by atoms with Gasteiger partial charge in [0.1, 0.15) is 0 Å². The van der Waals surface area contributed by atoms with Crippen LogP contribution in [0.25, 0.3) is 0 Å². The van der Waals surface area contributed by atoms with Crippen LogP contribution in [0.15, 0.2) is 0 Å². The van der Waals surface area contributed by atoms with Crippen molar-refractivity contribution in [1.82, 2.24) is 0 Å². The topological polar surface area (TPSA) is 12.5 Å². The van der Waals surface area contributed by atoms with Gasteiger partial charge in [0.25, 0.3) is 0 Å². The van der Waals surface area contributed by atoms with E-state index < -0.39 is 0 Å². The summed E-state index contributed by atoms with van der Waals surface area (Å²) < 4.78 is 5.95. The molecule has 3 fully saturated rings. The Bertz CT molecular complexity index is 189. The number of ether oxygens (including phenoxy) is 1. The van der Waals surface area contributed by atoms with Gasteiger partial charge in [-0.3, -0.25) is 0 Å². The minimum Gasteiger partial charge on any atom is -0.366 e. The fourth-order valence-corrected chi connectivity index (χ4v) is 3.47. The van der Waals surface area contributed by atoms with Crippen LogP contribution >= 0.6 is 0 Å². The van der Waals surface area contributed by atoms with E-state index in [1.165, 1.54) is 51.4 Å². The van der Waals surface area contributed by atoms with Crippen LogP contribution in [0, 0.1) is 5.92 Å². The summed E-state index contributed by atoms with van der Waals surface area (Å²) in [4.78, 5) is 0. The molecule has 0 aromatic rings. The normalized spacial score (nSPS) is 52.0. The molecule has 12 heavy (non-hydrogen) atoms. The van der Waals surface area contributed by atoms with E-state index in [4.69, 9.17) is 4.74 Å². The summed E-state index contributed by atoms with van der Waals surface area (Å²) in [7, 11) is 0. The van der Waals surface area contributed by atoms with Gasteiger partial charge in [-0.1, -0.05) is 25.7 Å². The lowest BCUT2D eigenvalue weighted by Crippen LogP contribution is -2.29. The minimum absolute atomic E-state index is 0.425. The molecular formula is C11H18O. The Morgan fingerprint density at radius 3 is 2.83 bits per heavy atom. The van der Waals surface area contributed by atoms with Crippen LogP contribution < -0.4 is 0 Å². The van der Waals surface area contributed by atoms with E-state index in [0.717, 1.165) is 5.92 Å². The average Bonchev–Trinajstić information content (AvgIpc) is 2.79. The molecule has 1 nitrogen and oxygen atoms in total. The maximum Gasteiger partial charge on any atom is 0.0976 e. The summed E-state index contributed by atoms with van der Waals surface area (Å²) in [5.74, 6) is 0.943. The zero-order valence-corrected chi connectivity index (χ0v) is 7.72. The standard InChI is InChI=1S/C11H18O/c1-2-5-9-6-4-7-10-11(9,12-10)8-3-1/h9-10H,1-8H2/t9-,10+,11-/m1/s1. The van der Waals surface area contributed by atoms with Crippen molar-refractivity contribution < 1.29 is 4.74 Å². The third-order valence-corrected chi connectivity index (χ3v) is 4.18. The van der Waals surface area contributed by atoms with Gasteiger partial charge in [-0.2, -0.15) is 0 Å². The highest BCUT2D eigenvalue weighted by atomic mass is 16.6. The predicted octanol–water partition coefficient (Wildman–Crippen LogP) is 2.89. The minimum atomic E-state index is 0.425. The molecule has 1 aliphatic heterocycles. The quantitative estimate of drug-likeness (QED) is 0.504.